The van der Waals surface area contributed by atoms with Crippen LogP contribution in [0, 0.1) is 0 Å². The lowest BCUT2D eigenvalue weighted by Crippen LogP contribution is -2.03. The number of rotatable bonds is 5. The molecular weight excluding hydrogens is 601 g/mol. The number of hydrogen-bond acceptors (Lipinski definition) is 0. The Kier molecular flexibility index (Phi) is 6.74. The van der Waals surface area contributed by atoms with Gasteiger partial charge in [-0.15, -0.1) is 0 Å². The quantitative estimate of drug-likeness (QED) is 0.177. The van der Waals surface area contributed by atoms with E-state index in [1.54, 1.807) is 0 Å². The number of benzene rings is 8. The van der Waals surface area contributed by atoms with Gasteiger partial charge in [-0.05, 0) is 113 Å². The molecule has 0 aliphatic heterocycles. The lowest BCUT2D eigenvalue weighted by Gasteiger charge is -2.19. The molecule has 50 heavy (non-hydrogen) atoms. The van der Waals surface area contributed by atoms with Crippen molar-refractivity contribution in [3.8, 4) is 55.6 Å². The molecule has 234 valence electrons. The number of hydrogen-bond donors (Lipinski definition) is 0. The molecule has 0 amide bonds. The first kappa shape index (κ1) is 28.7. The largest absolute Gasteiger partial charge is 0.0622 e. The molecule has 8 aromatic carbocycles. The van der Waals surface area contributed by atoms with Crippen molar-refractivity contribution in [2.24, 2.45) is 0 Å². The molecule has 0 heteroatoms. The average molecular weight is 635 g/mol. The molecule has 0 saturated heterocycles. The fraction of sp³-hybridized carbons (Fsp3) is 0.0400. The zero-order valence-corrected chi connectivity index (χ0v) is 27.6. The predicted octanol–water partition coefficient (Wildman–Crippen LogP) is 13.0. The van der Waals surface area contributed by atoms with Crippen LogP contribution in [0.5, 0.6) is 0 Å². The van der Waals surface area contributed by atoms with E-state index in [4.69, 9.17) is 0 Å². The Labute approximate surface area is 294 Å². The van der Waals surface area contributed by atoms with Crippen LogP contribution < -0.4 is 0 Å². The van der Waals surface area contributed by atoms with Crippen molar-refractivity contribution >= 4 is 0 Å². The molecule has 0 radical (unpaired) electrons. The summed E-state index contributed by atoms with van der Waals surface area (Å²) in [4.78, 5) is 0. The lowest BCUT2D eigenvalue weighted by molar-refractivity contribution is 0.982. The van der Waals surface area contributed by atoms with Crippen LogP contribution >= 0.6 is 0 Å². The van der Waals surface area contributed by atoms with Crippen molar-refractivity contribution in [1.82, 2.24) is 0 Å². The fourth-order valence-corrected chi connectivity index (χ4v) is 8.55. The van der Waals surface area contributed by atoms with Gasteiger partial charge in [-0.1, -0.05) is 170 Å². The lowest BCUT2D eigenvalue weighted by atomic mass is 9.84. The van der Waals surface area contributed by atoms with E-state index in [1.165, 1.54) is 89.0 Å². The average Bonchev–Trinajstić information content (AvgIpc) is 3.70. The topological polar surface area (TPSA) is 0 Å². The van der Waals surface area contributed by atoms with Gasteiger partial charge in [-0.3, -0.25) is 0 Å². The van der Waals surface area contributed by atoms with E-state index in [9.17, 15) is 0 Å². The Balaban J connectivity index is 1.14. The van der Waals surface area contributed by atoms with Crippen LogP contribution in [0.25, 0.3) is 55.6 Å². The Hall–Kier alpha value is -6.24. The van der Waals surface area contributed by atoms with E-state index >= 15 is 0 Å². The molecule has 0 spiro atoms. The third kappa shape index (κ3) is 4.68. The van der Waals surface area contributed by atoms with Gasteiger partial charge in [0.2, 0.25) is 0 Å². The third-order valence-corrected chi connectivity index (χ3v) is 10.8. The summed E-state index contributed by atoms with van der Waals surface area (Å²) in [7, 11) is 0. The highest BCUT2D eigenvalue weighted by Crippen LogP contribution is 2.55. The molecule has 2 aliphatic rings. The molecular formula is C50H34. The van der Waals surface area contributed by atoms with E-state index in [2.05, 4.69) is 194 Å². The zero-order chi connectivity index (χ0) is 33.0. The summed E-state index contributed by atoms with van der Waals surface area (Å²) < 4.78 is 0. The second-order valence-corrected chi connectivity index (χ2v) is 13.6. The van der Waals surface area contributed by atoms with Gasteiger partial charge < -0.3 is 0 Å². The van der Waals surface area contributed by atoms with Crippen LogP contribution in [-0.4, -0.2) is 0 Å². The maximum Gasteiger partial charge on any atom is 0.0352 e. The van der Waals surface area contributed by atoms with Crippen molar-refractivity contribution in [2.75, 3.05) is 0 Å². The van der Waals surface area contributed by atoms with Gasteiger partial charge in [0.1, 0.15) is 0 Å². The van der Waals surface area contributed by atoms with E-state index in [0.29, 0.717) is 0 Å². The molecule has 2 aliphatic carbocycles. The van der Waals surface area contributed by atoms with Crippen molar-refractivity contribution in [3.05, 3.63) is 228 Å². The first-order valence-corrected chi connectivity index (χ1v) is 17.6. The minimum atomic E-state index is 0.150. The van der Waals surface area contributed by atoms with Gasteiger partial charge in [0.25, 0.3) is 0 Å². The fourth-order valence-electron chi connectivity index (χ4n) is 8.55. The Morgan fingerprint density at radius 2 is 0.640 bits per heavy atom. The van der Waals surface area contributed by atoms with Crippen LogP contribution in [0.3, 0.4) is 0 Å². The summed E-state index contributed by atoms with van der Waals surface area (Å²) in [6.07, 6.45) is 0. The summed E-state index contributed by atoms with van der Waals surface area (Å²) in [6.45, 7) is 0. The highest BCUT2D eigenvalue weighted by Gasteiger charge is 2.36. The van der Waals surface area contributed by atoms with E-state index in [1.807, 2.05) is 0 Å². The minimum absolute atomic E-state index is 0.150. The molecule has 0 saturated carbocycles. The van der Waals surface area contributed by atoms with E-state index in [0.717, 1.165) is 0 Å². The molecule has 8 aromatic rings. The van der Waals surface area contributed by atoms with Gasteiger partial charge in [-0.2, -0.15) is 0 Å². The first-order valence-electron chi connectivity index (χ1n) is 17.6. The highest BCUT2D eigenvalue weighted by molar-refractivity contribution is 5.90. The van der Waals surface area contributed by atoms with E-state index in [-0.39, 0.29) is 11.8 Å². The van der Waals surface area contributed by atoms with Crippen molar-refractivity contribution < 1.29 is 0 Å². The van der Waals surface area contributed by atoms with Crippen LogP contribution in [0.1, 0.15) is 45.2 Å². The van der Waals surface area contributed by atoms with Crippen molar-refractivity contribution in [3.63, 3.8) is 0 Å². The SMILES string of the molecule is c1ccc(-c2cc(-c3ccccc3)cc(-c3cccc(C4c5ccccc5-c5cc6c(cc54)C(c4ccccc4)c4ccccc4-6)c3)c2)cc1. The molecule has 2 atom stereocenters. The van der Waals surface area contributed by atoms with Gasteiger partial charge in [0.05, 0.1) is 0 Å². The summed E-state index contributed by atoms with van der Waals surface area (Å²) in [5, 5.41) is 0. The predicted molar refractivity (Wildman–Crippen MR) is 208 cm³/mol. The zero-order valence-electron chi connectivity index (χ0n) is 27.6. The highest BCUT2D eigenvalue weighted by atomic mass is 14.4. The Morgan fingerprint density at radius 3 is 1.20 bits per heavy atom. The molecule has 0 nitrogen and oxygen atoms in total. The van der Waals surface area contributed by atoms with Crippen molar-refractivity contribution in [1.29, 1.82) is 0 Å². The molecule has 0 fully saturated rings. The van der Waals surface area contributed by atoms with Crippen LogP contribution in [0.4, 0.5) is 0 Å². The molecule has 0 aromatic heterocycles. The maximum atomic E-state index is 2.54. The molecule has 10 rings (SSSR count). The second-order valence-electron chi connectivity index (χ2n) is 13.6. The maximum absolute atomic E-state index is 2.54. The molecule has 0 heterocycles. The smallest absolute Gasteiger partial charge is 0.0352 e. The molecule has 0 N–H and O–H groups in total. The van der Waals surface area contributed by atoms with Gasteiger partial charge >= 0.3 is 0 Å². The molecule has 2 unspecified atom stereocenters. The summed E-state index contributed by atoms with van der Waals surface area (Å²) in [5.74, 6) is 0.373. The van der Waals surface area contributed by atoms with Crippen LogP contribution in [0.2, 0.25) is 0 Å². The summed E-state index contributed by atoms with van der Waals surface area (Å²) >= 11 is 0. The standard InChI is InChI=1S/C50H34/c1-4-15-33(16-5-1)38-28-39(34-17-6-2-7-18-34)30-40(29-38)36-21-14-22-37(27-36)50-44-26-13-11-24-42(44)46-31-45-41-23-10-12-25-43(41)49(47(45)32-48(46)50)35-19-8-3-9-20-35/h1-32,49-50H. The number of fused-ring (bicyclic) bond motifs is 6. The Morgan fingerprint density at radius 1 is 0.220 bits per heavy atom. The second kappa shape index (κ2) is 11.7. The van der Waals surface area contributed by atoms with Gasteiger partial charge in [0.15, 0.2) is 0 Å². The third-order valence-electron chi connectivity index (χ3n) is 10.8. The van der Waals surface area contributed by atoms with Crippen molar-refractivity contribution in [2.45, 2.75) is 11.8 Å². The normalized spacial score (nSPS) is 15.2. The monoisotopic (exact) mass is 634 g/mol. The van der Waals surface area contributed by atoms with E-state index < -0.39 is 0 Å². The molecule has 0 bridgehead atoms. The van der Waals surface area contributed by atoms with Gasteiger partial charge in [0, 0.05) is 11.8 Å². The van der Waals surface area contributed by atoms with Crippen LogP contribution in [-0.2, 0) is 0 Å². The minimum Gasteiger partial charge on any atom is -0.0622 e. The van der Waals surface area contributed by atoms with Gasteiger partial charge in [-0.25, -0.2) is 0 Å². The summed E-state index contributed by atoms with van der Waals surface area (Å²) in [5.41, 5.74) is 21.1. The summed E-state index contributed by atoms with van der Waals surface area (Å²) in [6, 6.07) is 71.9. The van der Waals surface area contributed by atoms with Crippen LogP contribution in [0.15, 0.2) is 194 Å². The Bertz CT molecular complexity index is 2470. The first-order chi connectivity index (χ1) is 24.8.